The van der Waals surface area contributed by atoms with Crippen molar-refractivity contribution < 1.29 is 13.5 Å². The standard InChI is InChI=1S/C10H20N2O3S/c13-10(1-3-11-4-2-10)9-12-5-7-16(14,15)8-6-12/h11,13H,1-9H2. The van der Waals surface area contributed by atoms with Crippen molar-refractivity contribution in [2.24, 2.45) is 0 Å². The first kappa shape index (κ1) is 12.3. The third-order valence-electron chi connectivity index (χ3n) is 3.49. The van der Waals surface area contributed by atoms with Crippen LogP contribution in [-0.4, -0.2) is 68.3 Å². The van der Waals surface area contributed by atoms with Crippen LogP contribution in [0.25, 0.3) is 0 Å². The summed E-state index contributed by atoms with van der Waals surface area (Å²) in [7, 11) is -2.81. The first-order valence-corrected chi connectivity index (χ1v) is 7.67. The first-order chi connectivity index (χ1) is 7.49. The molecule has 2 aliphatic rings. The van der Waals surface area contributed by atoms with E-state index in [-0.39, 0.29) is 11.5 Å². The number of sulfone groups is 1. The molecule has 2 fully saturated rings. The fourth-order valence-electron chi connectivity index (χ4n) is 2.37. The molecule has 2 saturated heterocycles. The molecule has 5 nitrogen and oxygen atoms in total. The van der Waals surface area contributed by atoms with Crippen LogP contribution in [-0.2, 0) is 9.84 Å². The molecule has 2 heterocycles. The van der Waals surface area contributed by atoms with Crippen LogP contribution in [0.15, 0.2) is 0 Å². The lowest BCUT2D eigenvalue weighted by molar-refractivity contribution is -0.0190. The second-order valence-corrected chi connectivity index (χ2v) is 7.21. The Morgan fingerprint density at radius 1 is 1.19 bits per heavy atom. The maximum atomic E-state index is 11.3. The van der Waals surface area contributed by atoms with Crippen molar-refractivity contribution in [3.05, 3.63) is 0 Å². The zero-order chi connectivity index (χ0) is 11.6. The molecule has 16 heavy (non-hydrogen) atoms. The smallest absolute Gasteiger partial charge is 0.152 e. The molecule has 6 heteroatoms. The lowest BCUT2D eigenvalue weighted by atomic mass is 9.92. The number of hydrogen-bond acceptors (Lipinski definition) is 5. The summed E-state index contributed by atoms with van der Waals surface area (Å²) in [4.78, 5) is 2.08. The first-order valence-electron chi connectivity index (χ1n) is 5.85. The van der Waals surface area contributed by atoms with E-state index in [4.69, 9.17) is 0 Å². The molecule has 0 aromatic rings. The minimum atomic E-state index is -2.81. The number of aliphatic hydroxyl groups is 1. The maximum Gasteiger partial charge on any atom is 0.152 e. The highest BCUT2D eigenvalue weighted by atomic mass is 32.2. The summed E-state index contributed by atoms with van der Waals surface area (Å²) in [5.74, 6) is 0.475. The lowest BCUT2D eigenvalue weighted by Crippen LogP contribution is -2.52. The van der Waals surface area contributed by atoms with E-state index in [9.17, 15) is 13.5 Å². The van der Waals surface area contributed by atoms with Crippen LogP contribution in [0.3, 0.4) is 0 Å². The van der Waals surface area contributed by atoms with Crippen molar-refractivity contribution in [3.63, 3.8) is 0 Å². The number of nitrogens with zero attached hydrogens (tertiary/aromatic N) is 1. The van der Waals surface area contributed by atoms with E-state index < -0.39 is 15.4 Å². The van der Waals surface area contributed by atoms with Crippen molar-refractivity contribution in [2.75, 3.05) is 44.2 Å². The molecule has 0 unspecified atom stereocenters. The van der Waals surface area contributed by atoms with Gasteiger partial charge in [0.1, 0.15) is 0 Å². The van der Waals surface area contributed by atoms with Crippen molar-refractivity contribution in [1.29, 1.82) is 0 Å². The number of rotatable bonds is 2. The van der Waals surface area contributed by atoms with E-state index in [2.05, 4.69) is 10.2 Å². The van der Waals surface area contributed by atoms with Gasteiger partial charge in [-0.15, -0.1) is 0 Å². The molecule has 2 rings (SSSR count). The van der Waals surface area contributed by atoms with Gasteiger partial charge in [-0.25, -0.2) is 8.42 Å². The minimum absolute atomic E-state index is 0.237. The van der Waals surface area contributed by atoms with Crippen LogP contribution < -0.4 is 5.32 Å². The lowest BCUT2D eigenvalue weighted by Gasteiger charge is -2.38. The minimum Gasteiger partial charge on any atom is -0.388 e. The number of hydrogen-bond donors (Lipinski definition) is 2. The van der Waals surface area contributed by atoms with Crippen molar-refractivity contribution in [3.8, 4) is 0 Å². The summed E-state index contributed by atoms with van der Waals surface area (Å²) < 4.78 is 22.5. The SMILES string of the molecule is O=S1(=O)CCN(CC2(O)CCNCC2)CC1. The second kappa shape index (κ2) is 4.60. The Morgan fingerprint density at radius 2 is 1.75 bits per heavy atom. The monoisotopic (exact) mass is 248 g/mol. The Morgan fingerprint density at radius 3 is 2.31 bits per heavy atom. The fourth-order valence-corrected chi connectivity index (χ4v) is 3.65. The second-order valence-electron chi connectivity index (χ2n) is 4.90. The summed E-state index contributed by atoms with van der Waals surface area (Å²) >= 11 is 0. The highest BCUT2D eigenvalue weighted by Gasteiger charge is 2.33. The van der Waals surface area contributed by atoms with Crippen molar-refractivity contribution in [1.82, 2.24) is 10.2 Å². The Bertz CT molecular complexity index is 322. The van der Waals surface area contributed by atoms with Crippen LogP contribution in [0.5, 0.6) is 0 Å². The van der Waals surface area contributed by atoms with Crippen molar-refractivity contribution >= 4 is 9.84 Å². The molecule has 0 spiro atoms. The predicted molar refractivity (Wildman–Crippen MR) is 62.1 cm³/mol. The summed E-state index contributed by atoms with van der Waals surface area (Å²) in [5, 5.41) is 13.5. The molecule has 0 aromatic heterocycles. The quantitative estimate of drug-likeness (QED) is 0.644. The van der Waals surface area contributed by atoms with Crippen LogP contribution in [0, 0.1) is 0 Å². The van der Waals surface area contributed by atoms with E-state index in [1.165, 1.54) is 0 Å². The Labute approximate surface area is 96.7 Å². The molecular formula is C10H20N2O3S. The third kappa shape index (κ3) is 3.16. The van der Waals surface area contributed by atoms with Gasteiger partial charge in [0.15, 0.2) is 9.84 Å². The topological polar surface area (TPSA) is 69.6 Å². The molecular weight excluding hydrogens is 228 g/mol. The number of β-amino-alcohol motifs (C(OH)–C–C–N with tert-alkyl or cyclic N) is 1. The molecule has 0 atom stereocenters. The molecule has 2 N–H and O–H groups in total. The van der Waals surface area contributed by atoms with Crippen LogP contribution in [0.4, 0.5) is 0 Å². The Balaban J connectivity index is 1.86. The van der Waals surface area contributed by atoms with E-state index in [0.717, 1.165) is 25.9 Å². The van der Waals surface area contributed by atoms with E-state index >= 15 is 0 Å². The van der Waals surface area contributed by atoms with E-state index in [0.29, 0.717) is 19.6 Å². The summed E-state index contributed by atoms with van der Waals surface area (Å²) in [5.41, 5.74) is -0.619. The van der Waals surface area contributed by atoms with E-state index in [1.54, 1.807) is 0 Å². The number of nitrogens with one attached hydrogen (secondary N) is 1. The van der Waals surface area contributed by atoms with Crippen molar-refractivity contribution in [2.45, 2.75) is 18.4 Å². The van der Waals surface area contributed by atoms with Gasteiger partial charge in [-0.3, -0.25) is 4.90 Å². The van der Waals surface area contributed by atoms with Gasteiger partial charge >= 0.3 is 0 Å². The normalized spacial score (nSPS) is 30.1. The summed E-state index contributed by atoms with van der Waals surface area (Å²) in [6, 6.07) is 0. The molecule has 0 aromatic carbocycles. The van der Waals surface area contributed by atoms with Gasteiger partial charge in [0, 0.05) is 19.6 Å². The average molecular weight is 248 g/mol. The largest absolute Gasteiger partial charge is 0.388 e. The average Bonchev–Trinajstić information content (AvgIpc) is 2.22. The van der Waals surface area contributed by atoms with Crippen LogP contribution in [0.1, 0.15) is 12.8 Å². The Hall–Kier alpha value is -0.170. The Kier molecular flexibility index (Phi) is 3.53. The van der Waals surface area contributed by atoms with Gasteiger partial charge in [-0.05, 0) is 25.9 Å². The molecule has 94 valence electrons. The molecule has 0 saturated carbocycles. The summed E-state index contributed by atoms with van der Waals surface area (Å²) in [6.07, 6.45) is 1.52. The molecule has 0 radical (unpaired) electrons. The number of piperidine rings is 1. The zero-order valence-electron chi connectivity index (χ0n) is 9.48. The highest BCUT2D eigenvalue weighted by Crippen LogP contribution is 2.20. The van der Waals surface area contributed by atoms with Gasteiger partial charge in [0.05, 0.1) is 17.1 Å². The molecule has 0 amide bonds. The fraction of sp³-hybridized carbons (Fsp3) is 1.00. The van der Waals surface area contributed by atoms with Gasteiger partial charge in [-0.1, -0.05) is 0 Å². The zero-order valence-corrected chi connectivity index (χ0v) is 10.3. The van der Waals surface area contributed by atoms with Crippen LogP contribution in [0.2, 0.25) is 0 Å². The van der Waals surface area contributed by atoms with Gasteiger partial charge in [0.25, 0.3) is 0 Å². The van der Waals surface area contributed by atoms with Gasteiger partial charge in [0.2, 0.25) is 0 Å². The van der Waals surface area contributed by atoms with Crippen LogP contribution >= 0.6 is 0 Å². The molecule has 0 aliphatic carbocycles. The molecule has 0 bridgehead atoms. The molecule has 2 aliphatic heterocycles. The predicted octanol–water partition coefficient (Wildman–Crippen LogP) is -1.17. The van der Waals surface area contributed by atoms with Gasteiger partial charge in [-0.2, -0.15) is 0 Å². The van der Waals surface area contributed by atoms with Gasteiger partial charge < -0.3 is 10.4 Å². The maximum absolute atomic E-state index is 11.3. The third-order valence-corrected chi connectivity index (χ3v) is 5.10. The summed E-state index contributed by atoms with van der Waals surface area (Å²) in [6.45, 7) is 3.45. The highest BCUT2D eigenvalue weighted by molar-refractivity contribution is 7.91. The van der Waals surface area contributed by atoms with E-state index in [1.807, 2.05) is 0 Å².